The van der Waals surface area contributed by atoms with E-state index in [1.807, 2.05) is 6.33 Å². The van der Waals surface area contributed by atoms with Crippen LogP contribution in [0.2, 0.25) is 0 Å². The van der Waals surface area contributed by atoms with Gasteiger partial charge in [-0.1, -0.05) is 13.3 Å². The van der Waals surface area contributed by atoms with Crippen molar-refractivity contribution in [2.45, 2.75) is 70.5 Å². The monoisotopic (exact) mass is 248 g/mol. The highest BCUT2D eigenvalue weighted by Gasteiger charge is 2.23. The summed E-state index contributed by atoms with van der Waals surface area (Å²) < 4.78 is 2.11. The lowest BCUT2D eigenvalue weighted by Crippen LogP contribution is -2.19. The Labute approximate surface area is 109 Å². The Morgan fingerprint density at radius 2 is 2.00 bits per heavy atom. The van der Waals surface area contributed by atoms with Crippen molar-refractivity contribution in [1.82, 2.24) is 20.1 Å². The van der Waals surface area contributed by atoms with Gasteiger partial charge in [0.1, 0.15) is 6.33 Å². The van der Waals surface area contributed by atoms with Crippen molar-refractivity contribution in [3.63, 3.8) is 0 Å². The van der Waals surface area contributed by atoms with E-state index in [0.717, 1.165) is 24.3 Å². The van der Waals surface area contributed by atoms with Gasteiger partial charge in [-0.15, -0.1) is 0 Å². The van der Waals surface area contributed by atoms with Gasteiger partial charge in [-0.2, -0.15) is 5.10 Å². The summed E-state index contributed by atoms with van der Waals surface area (Å²) >= 11 is 0. The van der Waals surface area contributed by atoms with Gasteiger partial charge in [0.2, 0.25) is 0 Å². The summed E-state index contributed by atoms with van der Waals surface area (Å²) in [6, 6.07) is 1.33. The number of hydrogen-bond donors (Lipinski definition) is 1. The van der Waals surface area contributed by atoms with Crippen LogP contribution in [-0.2, 0) is 6.54 Å². The molecule has 1 N–H and O–H groups in total. The van der Waals surface area contributed by atoms with Gasteiger partial charge in [0.15, 0.2) is 5.82 Å². The van der Waals surface area contributed by atoms with Crippen LogP contribution in [0.4, 0.5) is 0 Å². The quantitative estimate of drug-likeness (QED) is 0.871. The normalized spacial score (nSPS) is 28.5. The maximum absolute atomic E-state index is 4.63. The molecule has 2 aliphatic carbocycles. The summed E-state index contributed by atoms with van der Waals surface area (Å²) in [6.45, 7) is 3.14. The molecular formula is C14H24N4. The Morgan fingerprint density at radius 3 is 2.67 bits per heavy atom. The number of nitrogens with zero attached hydrogens (tertiary/aromatic N) is 3. The molecule has 3 rings (SSSR count). The van der Waals surface area contributed by atoms with Crippen LogP contribution in [0.1, 0.15) is 63.7 Å². The van der Waals surface area contributed by atoms with Crippen molar-refractivity contribution in [2.24, 2.45) is 5.92 Å². The topological polar surface area (TPSA) is 42.7 Å². The van der Waals surface area contributed by atoms with E-state index >= 15 is 0 Å². The van der Waals surface area contributed by atoms with E-state index in [9.17, 15) is 0 Å². The van der Waals surface area contributed by atoms with E-state index in [4.69, 9.17) is 0 Å². The Hall–Kier alpha value is -0.900. The molecule has 0 amide bonds. The first-order chi connectivity index (χ1) is 8.85. The van der Waals surface area contributed by atoms with Crippen molar-refractivity contribution >= 4 is 0 Å². The van der Waals surface area contributed by atoms with Crippen LogP contribution in [0.25, 0.3) is 0 Å². The third-order valence-corrected chi connectivity index (χ3v) is 4.45. The third kappa shape index (κ3) is 2.91. The highest BCUT2D eigenvalue weighted by molar-refractivity contribution is 4.88. The molecule has 0 unspecified atom stereocenters. The van der Waals surface area contributed by atoms with Crippen molar-refractivity contribution in [3.05, 3.63) is 12.2 Å². The molecule has 1 aromatic heterocycles. The van der Waals surface area contributed by atoms with E-state index in [1.165, 1.54) is 44.9 Å². The molecule has 2 aliphatic rings. The van der Waals surface area contributed by atoms with Gasteiger partial charge in [-0.3, -0.25) is 0 Å². The Balaban J connectivity index is 1.52. The molecule has 2 saturated carbocycles. The zero-order valence-corrected chi connectivity index (χ0v) is 11.3. The average molecular weight is 248 g/mol. The van der Waals surface area contributed by atoms with E-state index in [1.54, 1.807) is 0 Å². The Morgan fingerprint density at radius 1 is 1.22 bits per heavy atom. The molecule has 0 saturated heterocycles. The number of aromatic nitrogens is 3. The van der Waals surface area contributed by atoms with Gasteiger partial charge in [0.05, 0.1) is 12.6 Å². The van der Waals surface area contributed by atoms with Gasteiger partial charge in [0, 0.05) is 6.04 Å². The standard InChI is InChI=1S/C14H24N4/c1-2-11-3-7-13(8-4-11)18-10-16-14(17-18)9-15-12-5-6-12/h10-13,15H,2-9H2,1H3. The van der Waals surface area contributed by atoms with Crippen LogP contribution in [0.3, 0.4) is 0 Å². The Kier molecular flexibility index (Phi) is 3.64. The fourth-order valence-corrected chi connectivity index (χ4v) is 2.91. The van der Waals surface area contributed by atoms with Crippen molar-refractivity contribution in [1.29, 1.82) is 0 Å². The van der Waals surface area contributed by atoms with Crippen LogP contribution < -0.4 is 5.32 Å². The average Bonchev–Trinajstić information content (AvgIpc) is 3.14. The molecule has 0 atom stereocenters. The van der Waals surface area contributed by atoms with Crippen LogP contribution in [0.5, 0.6) is 0 Å². The summed E-state index contributed by atoms with van der Waals surface area (Å²) in [5.41, 5.74) is 0. The SMILES string of the molecule is CCC1CCC(n2cnc(CNC3CC3)n2)CC1. The second-order valence-electron chi connectivity index (χ2n) is 5.88. The van der Waals surface area contributed by atoms with Gasteiger partial charge in [-0.25, -0.2) is 9.67 Å². The van der Waals surface area contributed by atoms with Gasteiger partial charge in [-0.05, 0) is 44.4 Å². The predicted molar refractivity (Wildman–Crippen MR) is 71.2 cm³/mol. The maximum atomic E-state index is 4.63. The molecule has 4 nitrogen and oxygen atoms in total. The van der Waals surface area contributed by atoms with Crippen LogP contribution in [0, 0.1) is 5.92 Å². The fraction of sp³-hybridized carbons (Fsp3) is 0.857. The summed E-state index contributed by atoms with van der Waals surface area (Å²) in [4.78, 5) is 4.42. The van der Waals surface area contributed by atoms with Crippen molar-refractivity contribution in [2.75, 3.05) is 0 Å². The van der Waals surface area contributed by atoms with Gasteiger partial charge >= 0.3 is 0 Å². The molecular weight excluding hydrogens is 224 g/mol. The number of rotatable bonds is 5. The lowest BCUT2D eigenvalue weighted by Gasteiger charge is -2.27. The van der Waals surface area contributed by atoms with Crippen LogP contribution in [-0.4, -0.2) is 20.8 Å². The van der Waals surface area contributed by atoms with E-state index in [0.29, 0.717) is 6.04 Å². The van der Waals surface area contributed by atoms with Gasteiger partial charge in [0.25, 0.3) is 0 Å². The molecule has 18 heavy (non-hydrogen) atoms. The molecule has 4 heteroatoms. The second kappa shape index (κ2) is 5.39. The van der Waals surface area contributed by atoms with E-state index < -0.39 is 0 Å². The zero-order valence-electron chi connectivity index (χ0n) is 11.3. The minimum absolute atomic E-state index is 0.593. The largest absolute Gasteiger partial charge is 0.307 e. The molecule has 1 aromatic rings. The van der Waals surface area contributed by atoms with Crippen molar-refractivity contribution in [3.8, 4) is 0 Å². The Bertz CT molecular complexity index is 375. The molecule has 2 fully saturated rings. The lowest BCUT2D eigenvalue weighted by molar-refractivity contribution is 0.255. The summed E-state index contributed by atoms with van der Waals surface area (Å²) in [7, 11) is 0. The van der Waals surface area contributed by atoms with Gasteiger partial charge < -0.3 is 5.32 Å². The van der Waals surface area contributed by atoms with Crippen molar-refractivity contribution < 1.29 is 0 Å². The molecule has 100 valence electrons. The molecule has 0 aliphatic heterocycles. The molecule has 0 bridgehead atoms. The molecule has 1 heterocycles. The molecule has 0 radical (unpaired) electrons. The molecule has 0 aromatic carbocycles. The predicted octanol–water partition coefficient (Wildman–Crippen LogP) is 2.67. The smallest absolute Gasteiger partial charge is 0.164 e. The number of nitrogens with one attached hydrogen (secondary N) is 1. The highest BCUT2D eigenvalue weighted by atomic mass is 15.3. The zero-order chi connectivity index (χ0) is 12.4. The first kappa shape index (κ1) is 12.2. The van der Waals surface area contributed by atoms with Crippen LogP contribution >= 0.6 is 0 Å². The summed E-state index contributed by atoms with van der Waals surface area (Å²) in [5, 5.41) is 8.09. The molecule has 0 spiro atoms. The number of hydrogen-bond acceptors (Lipinski definition) is 3. The van der Waals surface area contributed by atoms with E-state index in [2.05, 4.69) is 27.0 Å². The minimum atomic E-state index is 0.593. The maximum Gasteiger partial charge on any atom is 0.164 e. The second-order valence-corrected chi connectivity index (χ2v) is 5.88. The summed E-state index contributed by atoms with van der Waals surface area (Å²) in [6.07, 6.45) is 11.2. The third-order valence-electron chi connectivity index (χ3n) is 4.45. The highest BCUT2D eigenvalue weighted by Crippen LogP contribution is 2.33. The first-order valence-corrected chi connectivity index (χ1v) is 7.48. The lowest BCUT2D eigenvalue weighted by atomic mass is 9.85. The summed E-state index contributed by atoms with van der Waals surface area (Å²) in [5.74, 6) is 1.90. The van der Waals surface area contributed by atoms with Crippen LogP contribution in [0.15, 0.2) is 6.33 Å². The van der Waals surface area contributed by atoms with E-state index in [-0.39, 0.29) is 0 Å². The fourth-order valence-electron chi connectivity index (χ4n) is 2.91. The first-order valence-electron chi connectivity index (χ1n) is 7.48. The minimum Gasteiger partial charge on any atom is -0.307 e.